The van der Waals surface area contributed by atoms with E-state index in [0.717, 1.165) is 17.7 Å². The van der Waals surface area contributed by atoms with Crippen LogP contribution in [-0.4, -0.2) is 18.0 Å². The van der Waals surface area contributed by atoms with E-state index in [-0.39, 0.29) is 5.82 Å². The number of methoxy groups -OCH3 is 1. The Kier molecular flexibility index (Phi) is 3.19. The Morgan fingerprint density at radius 2 is 1.94 bits per heavy atom. The molecule has 0 amide bonds. The molecule has 0 saturated heterocycles. The van der Waals surface area contributed by atoms with Gasteiger partial charge < -0.3 is 9.30 Å². The van der Waals surface area contributed by atoms with Crippen molar-refractivity contribution in [2.24, 2.45) is 0 Å². The average Bonchev–Trinajstić information content (AvgIpc) is 2.63. The van der Waals surface area contributed by atoms with Gasteiger partial charge in [-0.25, -0.2) is 4.39 Å². The van der Waals surface area contributed by atoms with Crippen molar-refractivity contribution in [1.29, 1.82) is 0 Å². The predicted molar refractivity (Wildman–Crippen MR) is 67.1 cm³/mol. The van der Waals surface area contributed by atoms with Gasteiger partial charge in [0.05, 0.1) is 12.8 Å². The number of carbonyl (C=O) groups is 1. The van der Waals surface area contributed by atoms with Crippen molar-refractivity contribution in [2.45, 2.75) is 13.8 Å². The third-order valence-corrected chi connectivity index (χ3v) is 2.95. The second kappa shape index (κ2) is 4.64. The summed E-state index contributed by atoms with van der Waals surface area (Å²) in [6, 6.07) is 6.24. The van der Waals surface area contributed by atoms with Gasteiger partial charge in [0.2, 0.25) is 0 Å². The van der Waals surface area contributed by atoms with Gasteiger partial charge in [-0.15, -0.1) is 0 Å². The second-order valence-corrected chi connectivity index (χ2v) is 4.13. The van der Waals surface area contributed by atoms with Gasteiger partial charge in [-0.05, 0) is 26.0 Å². The average molecular weight is 247 g/mol. The molecule has 1 heterocycles. The van der Waals surface area contributed by atoms with E-state index >= 15 is 0 Å². The zero-order chi connectivity index (χ0) is 13.3. The highest BCUT2D eigenvalue weighted by atomic mass is 19.1. The summed E-state index contributed by atoms with van der Waals surface area (Å²) in [5.74, 6) is 0.0784. The number of halogens is 1. The highest BCUT2D eigenvalue weighted by Crippen LogP contribution is 2.24. The molecule has 18 heavy (non-hydrogen) atoms. The van der Waals surface area contributed by atoms with E-state index in [1.807, 2.05) is 18.4 Å². The van der Waals surface area contributed by atoms with Crippen LogP contribution in [0.4, 0.5) is 4.39 Å². The van der Waals surface area contributed by atoms with Crippen molar-refractivity contribution in [1.82, 2.24) is 4.57 Å². The molecule has 2 rings (SSSR count). The normalized spacial score (nSPS) is 10.4. The van der Waals surface area contributed by atoms with E-state index < -0.39 is 0 Å². The molecule has 1 aromatic heterocycles. The summed E-state index contributed by atoms with van der Waals surface area (Å²) in [6.45, 7) is 3.70. The molecule has 0 radical (unpaired) electrons. The van der Waals surface area contributed by atoms with Crippen LogP contribution < -0.4 is 4.74 Å². The van der Waals surface area contributed by atoms with Crippen molar-refractivity contribution in [3.63, 3.8) is 0 Å². The zero-order valence-corrected chi connectivity index (χ0v) is 10.5. The zero-order valence-electron chi connectivity index (χ0n) is 10.5. The molecule has 0 atom stereocenters. The van der Waals surface area contributed by atoms with E-state index in [9.17, 15) is 9.18 Å². The number of ether oxygens (including phenoxy) is 1. The summed E-state index contributed by atoms with van der Waals surface area (Å²) < 4.78 is 20.4. The van der Waals surface area contributed by atoms with Crippen LogP contribution in [-0.2, 0) is 0 Å². The molecule has 0 N–H and O–H groups in total. The Morgan fingerprint density at radius 3 is 2.50 bits per heavy atom. The SMILES string of the molecule is COc1cc(F)cc(-n2c(C)cc(C=O)c2C)c1. The highest BCUT2D eigenvalue weighted by Gasteiger charge is 2.11. The summed E-state index contributed by atoms with van der Waals surface area (Å²) in [4.78, 5) is 10.9. The van der Waals surface area contributed by atoms with Gasteiger partial charge in [0.1, 0.15) is 11.6 Å². The summed E-state index contributed by atoms with van der Waals surface area (Å²) in [7, 11) is 1.49. The molecule has 0 unspecified atom stereocenters. The number of nitrogens with zero attached hydrogens (tertiary/aromatic N) is 1. The van der Waals surface area contributed by atoms with Gasteiger partial charge >= 0.3 is 0 Å². The maximum Gasteiger partial charge on any atom is 0.151 e. The number of aromatic nitrogens is 1. The largest absolute Gasteiger partial charge is 0.497 e. The Bertz CT molecular complexity index is 602. The number of aldehydes is 1. The van der Waals surface area contributed by atoms with E-state index in [4.69, 9.17) is 4.74 Å². The molecule has 0 saturated carbocycles. The molecule has 3 nitrogen and oxygen atoms in total. The molecule has 0 spiro atoms. The second-order valence-electron chi connectivity index (χ2n) is 4.13. The topological polar surface area (TPSA) is 31.2 Å². The first-order chi connectivity index (χ1) is 8.56. The maximum absolute atomic E-state index is 13.5. The number of hydrogen-bond acceptors (Lipinski definition) is 2. The number of carbonyl (C=O) groups excluding carboxylic acids is 1. The fraction of sp³-hybridized carbons (Fsp3) is 0.214. The van der Waals surface area contributed by atoms with Gasteiger partial charge in [0.15, 0.2) is 6.29 Å². The first-order valence-corrected chi connectivity index (χ1v) is 5.56. The van der Waals surface area contributed by atoms with Crippen molar-refractivity contribution in [3.8, 4) is 11.4 Å². The molecule has 1 aromatic carbocycles. The number of rotatable bonds is 3. The van der Waals surface area contributed by atoms with E-state index in [2.05, 4.69) is 0 Å². The van der Waals surface area contributed by atoms with Gasteiger partial charge in [0.25, 0.3) is 0 Å². The van der Waals surface area contributed by atoms with Crippen LogP contribution in [0.15, 0.2) is 24.3 Å². The molecule has 94 valence electrons. The molecular weight excluding hydrogens is 233 g/mol. The minimum atomic E-state index is -0.371. The first kappa shape index (κ1) is 12.4. The van der Waals surface area contributed by atoms with Crippen LogP contribution in [0.25, 0.3) is 5.69 Å². The molecule has 4 heteroatoms. The van der Waals surface area contributed by atoms with Crippen LogP contribution in [0.1, 0.15) is 21.7 Å². The Balaban J connectivity index is 2.65. The fourth-order valence-electron chi connectivity index (χ4n) is 2.10. The van der Waals surface area contributed by atoms with Crippen LogP contribution in [0.5, 0.6) is 5.75 Å². The highest BCUT2D eigenvalue weighted by molar-refractivity contribution is 5.77. The quantitative estimate of drug-likeness (QED) is 0.780. The van der Waals surface area contributed by atoms with Crippen LogP contribution >= 0.6 is 0 Å². The summed E-state index contributed by atoms with van der Waals surface area (Å²) in [6.07, 6.45) is 0.801. The van der Waals surface area contributed by atoms with Crippen molar-refractivity contribution < 1.29 is 13.9 Å². The number of aryl methyl sites for hydroxylation is 1. The summed E-state index contributed by atoms with van der Waals surface area (Å²) in [5.41, 5.74) is 2.92. The predicted octanol–water partition coefficient (Wildman–Crippen LogP) is 3.05. The lowest BCUT2D eigenvalue weighted by atomic mass is 10.2. The van der Waals surface area contributed by atoms with Gasteiger partial charge in [-0.1, -0.05) is 0 Å². The van der Waals surface area contributed by atoms with Crippen molar-refractivity contribution >= 4 is 6.29 Å². The molecular formula is C14H14FNO2. The Morgan fingerprint density at radius 1 is 1.22 bits per heavy atom. The smallest absolute Gasteiger partial charge is 0.151 e. The van der Waals surface area contributed by atoms with Gasteiger partial charge in [0, 0.05) is 29.1 Å². The van der Waals surface area contributed by atoms with E-state index in [1.54, 1.807) is 12.1 Å². The van der Waals surface area contributed by atoms with Crippen molar-refractivity contribution in [2.75, 3.05) is 7.11 Å². The maximum atomic E-state index is 13.5. The van der Waals surface area contributed by atoms with Gasteiger partial charge in [-0.2, -0.15) is 0 Å². The van der Waals surface area contributed by atoms with Crippen LogP contribution in [0, 0.1) is 19.7 Å². The Hall–Kier alpha value is -2.10. The Labute approximate surface area is 105 Å². The lowest BCUT2D eigenvalue weighted by molar-refractivity contribution is 0.112. The number of benzene rings is 1. The lowest BCUT2D eigenvalue weighted by Crippen LogP contribution is -2.01. The molecule has 0 fully saturated rings. The minimum absolute atomic E-state index is 0.371. The molecule has 0 aliphatic carbocycles. The van der Waals surface area contributed by atoms with Crippen LogP contribution in [0.3, 0.4) is 0 Å². The van der Waals surface area contributed by atoms with Gasteiger partial charge in [-0.3, -0.25) is 4.79 Å². The first-order valence-electron chi connectivity index (χ1n) is 5.56. The van der Waals surface area contributed by atoms with Crippen molar-refractivity contribution in [3.05, 3.63) is 47.0 Å². The fourth-order valence-corrected chi connectivity index (χ4v) is 2.10. The molecule has 2 aromatic rings. The molecule has 0 bridgehead atoms. The number of hydrogen-bond donors (Lipinski definition) is 0. The summed E-state index contributed by atoms with van der Waals surface area (Å²) in [5, 5.41) is 0. The standard InChI is InChI=1S/C14H14FNO2/c1-9-4-11(8-17)10(2)16(9)13-5-12(15)6-14(7-13)18-3/h4-8H,1-3H3. The lowest BCUT2D eigenvalue weighted by Gasteiger charge is -2.11. The third kappa shape index (κ3) is 2.01. The van der Waals surface area contributed by atoms with E-state index in [1.165, 1.54) is 19.2 Å². The third-order valence-electron chi connectivity index (χ3n) is 2.95. The van der Waals surface area contributed by atoms with E-state index in [0.29, 0.717) is 17.0 Å². The molecule has 0 aliphatic rings. The summed E-state index contributed by atoms with van der Waals surface area (Å²) >= 11 is 0. The monoisotopic (exact) mass is 247 g/mol. The molecule has 0 aliphatic heterocycles. The van der Waals surface area contributed by atoms with Crippen LogP contribution in [0.2, 0.25) is 0 Å². The minimum Gasteiger partial charge on any atom is -0.497 e.